The van der Waals surface area contributed by atoms with E-state index in [-0.39, 0.29) is 23.9 Å². The van der Waals surface area contributed by atoms with Gasteiger partial charge < -0.3 is 10.1 Å². The van der Waals surface area contributed by atoms with Crippen LogP contribution < -0.4 is 10.0 Å². The lowest BCUT2D eigenvalue weighted by Crippen LogP contribution is -2.39. The van der Waals surface area contributed by atoms with Crippen LogP contribution in [0.5, 0.6) is 0 Å². The van der Waals surface area contributed by atoms with Crippen LogP contribution in [0.2, 0.25) is 0 Å². The molecule has 0 heterocycles. The Bertz CT molecular complexity index is 925. The van der Waals surface area contributed by atoms with Crippen molar-refractivity contribution in [3.05, 3.63) is 42.5 Å². The summed E-state index contributed by atoms with van der Waals surface area (Å²) in [5.74, 6) is -1.04. The second kappa shape index (κ2) is 8.96. The Morgan fingerprint density at radius 3 is 2.37 bits per heavy atom. The van der Waals surface area contributed by atoms with Gasteiger partial charge >= 0.3 is 5.97 Å². The SMILES string of the molecule is CC(C)NC(=O)[C@@H](C)OC(=O)CCNS(=O)(=O)c1ccc2ccccc2c1. The van der Waals surface area contributed by atoms with E-state index < -0.39 is 28.0 Å². The minimum absolute atomic E-state index is 0.0626. The molecule has 7 nitrogen and oxygen atoms in total. The first-order valence-corrected chi connectivity index (χ1v) is 10.2. The maximum Gasteiger partial charge on any atom is 0.307 e. The lowest BCUT2D eigenvalue weighted by atomic mass is 10.1. The van der Waals surface area contributed by atoms with E-state index in [2.05, 4.69) is 10.0 Å². The van der Waals surface area contributed by atoms with Gasteiger partial charge in [0.25, 0.3) is 5.91 Å². The highest BCUT2D eigenvalue weighted by atomic mass is 32.2. The van der Waals surface area contributed by atoms with Gasteiger partial charge in [0.2, 0.25) is 10.0 Å². The van der Waals surface area contributed by atoms with Crippen molar-refractivity contribution in [2.45, 2.75) is 44.2 Å². The standard InChI is InChI=1S/C19H24N2O5S/c1-13(2)21-19(23)14(3)26-18(22)10-11-20-27(24,25)17-9-8-15-6-4-5-7-16(15)12-17/h4-9,12-14,20H,10-11H2,1-3H3,(H,21,23)/t14-/m1/s1. The fraction of sp³-hybridized carbons (Fsp3) is 0.368. The molecular formula is C19H24N2O5S. The summed E-state index contributed by atoms with van der Waals surface area (Å²) in [5, 5.41) is 4.39. The van der Waals surface area contributed by atoms with Crippen molar-refractivity contribution in [1.82, 2.24) is 10.0 Å². The van der Waals surface area contributed by atoms with E-state index in [0.29, 0.717) is 0 Å². The number of carbonyl (C=O) groups is 2. The van der Waals surface area contributed by atoms with Crippen LogP contribution in [0, 0.1) is 0 Å². The third-order valence-corrected chi connectivity index (χ3v) is 5.22. The number of nitrogens with one attached hydrogen (secondary N) is 2. The zero-order valence-electron chi connectivity index (χ0n) is 15.6. The van der Waals surface area contributed by atoms with E-state index >= 15 is 0 Å². The summed E-state index contributed by atoms with van der Waals surface area (Å²) in [6.07, 6.45) is -1.11. The van der Waals surface area contributed by atoms with Gasteiger partial charge in [-0.25, -0.2) is 13.1 Å². The second-order valence-corrected chi connectivity index (χ2v) is 8.22. The topological polar surface area (TPSA) is 102 Å². The van der Waals surface area contributed by atoms with Crippen LogP contribution in [0.1, 0.15) is 27.2 Å². The van der Waals surface area contributed by atoms with Crippen molar-refractivity contribution >= 4 is 32.7 Å². The van der Waals surface area contributed by atoms with E-state index in [9.17, 15) is 18.0 Å². The van der Waals surface area contributed by atoms with Crippen molar-refractivity contribution in [3.63, 3.8) is 0 Å². The summed E-state index contributed by atoms with van der Waals surface area (Å²) in [7, 11) is -3.75. The van der Waals surface area contributed by atoms with Crippen LogP contribution in [0.25, 0.3) is 10.8 Å². The lowest BCUT2D eigenvalue weighted by molar-refractivity contribution is -0.154. The number of amides is 1. The predicted molar refractivity (Wildman–Crippen MR) is 103 cm³/mol. The van der Waals surface area contributed by atoms with Crippen LogP contribution >= 0.6 is 0 Å². The number of carbonyl (C=O) groups excluding carboxylic acids is 2. The first-order valence-electron chi connectivity index (χ1n) is 8.67. The number of ether oxygens (including phenoxy) is 1. The third-order valence-electron chi connectivity index (χ3n) is 3.76. The highest BCUT2D eigenvalue weighted by molar-refractivity contribution is 7.89. The van der Waals surface area contributed by atoms with Gasteiger partial charge in [0, 0.05) is 12.6 Å². The maximum absolute atomic E-state index is 12.4. The Morgan fingerprint density at radius 2 is 1.70 bits per heavy atom. The predicted octanol–water partition coefficient (Wildman–Crippen LogP) is 1.96. The normalized spacial score (nSPS) is 12.7. The van der Waals surface area contributed by atoms with E-state index in [1.807, 2.05) is 24.3 Å². The summed E-state index contributed by atoms with van der Waals surface area (Å²) in [5.41, 5.74) is 0. The minimum atomic E-state index is -3.75. The molecule has 2 rings (SSSR count). The first-order chi connectivity index (χ1) is 12.7. The molecule has 0 unspecified atom stereocenters. The molecule has 146 valence electrons. The highest BCUT2D eigenvalue weighted by Crippen LogP contribution is 2.18. The van der Waals surface area contributed by atoms with Crippen molar-refractivity contribution in [3.8, 4) is 0 Å². The van der Waals surface area contributed by atoms with Crippen LogP contribution in [0.3, 0.4) is 0 Å². The number of rotatable bonds is 8. The number of fused-ring (bicyclic) bond motifs is 1. The van der Waals surface area contributed by atoms with E-state index in [1.54, 1.807) is 26.0 Å². The molecule has 27 heavy (non-hydrogen) atoms. The van der Waals surface area contributed by atoms with Crippen LogP contribution in [0.4, 0.5) is 0 Å². The summed E-state index contributed by atoms with van der Waals surface area (Å²) in [4.78, 5) is 23.6. The number of esters is 1. The molecule has 0 bridgehead atoms. The van der Waals surface area contributed by atoms with Gasteiger partial charge in [0.1, 0.15) is 0 Å². The quantitative estimate of drug-likeness (QED) is 0.669. The first kappa shape index (κ1) is 20.9. The van der Waals surface area contributed by atoms with E-state index in [0.717, 1.165) is 10.8 Å². The van der Waals surface area contributed by atoms with Gasteiger partial charge in [-0.05, 0) is 43.7 Å². The minimum Gasteiger partial charge on any atom is -0.453 e. The average molecular weight is 392 g/mol. The number of benzene rings is 2. The lowest BCUT2D eigenvalue weighted by Gasteiger charge is -2.15. The highest BCUT2D eigenvalue weighted by Gasteiger charge is 2.19. The third kappa shape index (κ3) is 6.04. The molecule has 0 saturated carbocycles. The monoisotopic (exact) mass is 392 g/mol. The van der Waals surface area contributed by atoms with E-state index in [1.165, 1.54) is 13.0 Å². The average Bonchev–Trinajstić information content (AvgIpc) is 2.60. The van der Waals surface area contributed by atoms with Crippen molar-refractivity contribution in [1.29, 1.82) is 0 Å². The maximum atomic E-state index is 12.4. The second-order valence-electron chi connectivity index (χ2n) is 6.45. The Kier molecular flexibility index (Phi) is 6.92. The summed E-state index contributed by atoms with van der Waals surface area (Å²) in [6, 6.07) is 12.2. The molecular weight excluding hydrogens is 368 g/mol. The zero-order chi connectivity index (χ0) is 20.0. The molecule has 0 aliphatic heterocycles. The Balaban J connectivity index is 1.89. The van der Waals surface area contributed by atoms with Crippen LogP contribution in [-0.4, -0.2) is 39.0 Å². The number of hydrogen-bond acceptors (Lipinski definition) is 5. The molecule has 0 aliphatic rings. The van der Waals surface area contributed by atoms with Gasteiger partial charge in [0.15, 0.2) is 6.10 Å². The smallest absolute Gasteiger partial charge is 0.307 e. The van der Waals surface area contributed by atoms with Crippen molar-refractivity contribution < 1.29 is 22.7 Å². The Morgan fingerprint density at radius 1 is 1.04 bits per heavy atom. The van der Waals surface area contributed by atoms with Gasteiger partial charge in [0.05, 0.1) is 11.3 Å². The molecule has 2 aromatic rings. The molecule has 8 heteroatoms. The molecule has 0 fully saturated rings. The van der Waals surface area contributed by atoms with Gasteiger partial charge in [-0.1, -0.05) is 30.3 Å². The fourth-order valence-electron chi connectivity index (χ4n) is 2.42. The molecule has 0 radical (unpaired) electrons. The largest absolute Gasteiger partial charge is 0.453 e. The van der Waals surface area contributed by atoms with Crippen molar-refractivity contribution in [2.75, 3.05) is 6.54 Å². The summed E-state index contributed by atoms with van der Waals surface area (Å²) >= 11 is 0. The fourth-order valence-corrected chi connectivity index (χ4v) is 3.48. The van der Waals surface area contributed by atoms with Crippen LogP contribution in [0.15, 0.2) is 47.4 Å². The molecule has 0 aliphatic carbocycles. The molecule has 1 amide bonds. The van der Waals surface area contributed by atoms with Crippen LogP contribution in [-0.2, 0) is 24.3 Å². The van der Waals surface area contributed by atoms with Crippen molar-refractivity contribution in [2.24, 2.45) is 0 Å². The molecule has 2 aromatic carbocycles. The number of sulfonamides is 1. The Labute approximate surface area is 159 Å². The summed E-state index contributed by atoms with van der Waals surface area (Å²) < 4.78 is 32.1. The Hall–Kier alpha value is -2.45. The molecule has 0 aromatic heterocycles. The summed E-state index contributed by atoms with van der Waals surface area (Å²) in [6.45, 7) is 4.95. The molecule has 0 spiro atoms. The van der Waals surface area contributed by atoms with E-state index in [4.69, 9.17) is 4.74 Å². The molecule has 1 atom stereocenters. The zero-order valence-corrected chi connectivity index (χ0v) is 16.4. The van der Waals surface area contributed by atoms with Gasteiger partial charge in [-0.2, -0.15) is 0 Å². The van der Waals surface area contributed by atoms with Gasteiger partial charge in [-0.15, -0.1) is 0 Å². The molecule has 2 N–H and O–H groups in total. The number of hydrogen-bond donors (Lipinski definition) is 2. The van der Waals surface area contributed by atoms with Gasteiger partial charge in [-0.3, -0.25) is 9.59 Å². The molecule has 0 saturated heterocycles.